The van der Waals surface area contributed by atoms with Crippen LogP contribution >= 0.6 is 0 Å². The van der Waals surface area contributed by atoms with Gasteiger partial charge >= 0.3 is 12.1 Å². The Balaban J connectivity index is 1.01. The number of carbonyl (C=O) groups excluding carboxylic acids is 1. The first-order valence-electron chi connectivity index (χ1n) is 15.9. The fourth-order valence-corrected chi connectivity index (χ4v) is 10.2. The first-order valence-corrected chi connectivity index (χ1v) is 15.9. The van der Waals surface area contributed by atoms with Crippen LogP contribution in [0.1, 0.15) is 90.0 Å². The summed E-state index contributed by atoms with van der Waals surface area (Å²) >= 11 is 0. The molecule has 0 aromatic heterocycles. The van der Waals surface area contributed by atoms with Gasteiger partial charge in [0, 0.05) is 31.2 Å². The molecule has 0 radical (unpaired) electrons. The van der Waals surface area contributed by atoms with Gasteiger partial charge in [0.1, 0.15) is 6.10 Å². The second-order valence-electron chi connectivity index (χ2n) is 14.4. The van der Waals surface area contributed by atoms with E-state index in [0.29, 0.717) is 24.2 Å². The minimum Gasteiger partial charge on any atom is -0.481 e. The molecule has 7 heteroatoms. The molecule has 1 heterocycles. The molecule has 1 amide bonds. The van der Waals surface area contributed by atoms with Gasteiger partial charge in [-0.1, -0.05) is 44.2 Å². The lowest BCUT2D eigenvalue weighted by Gasteiger charge is -2.64. The van der Waals surface area contributed by atoms with Crippen LogP contribution in [0.15, 0.2) is 30.3 Å². The van der Waals surface area contributed by atoms with Gasteiger partial charge in [-0.3, -0.25) is 9.69 Å². The third-order valence-corrected chi connectivity index (χ3v) is 12.7. The van der Waals surface area contributed by atoms with Crippen LogP contribution in [0.3, 0.4) is 0 Å². The van der Waals surface area contributed by atoms with Crippen LogP contribution in [-0.4, -0.2) is 52.8 Å². The average molecular weight is 552 g/mol. The van der Waals surface area contributed by atoms with Crippen LogP contribution in [0.2, 0.25) is 0 Å². The Hall–Kier alpha value is -2.12. The molecule has 6 rings (SSSR count). The monoisotopic (exact) mass is 551 g/mol. The molecule has 0 bridgehead atoms. The number of hydrogen-bond donors (Lipinski definition) is 3. The van der Waals surface area contributed by atoms with Gasteiger partial charge in [-0.2, -0.15) is 0 Å². The minimum atomic E-state index is -0.665. The number of likely N-dealkylation sites (tertiary alicyclic amines) is 1. The highest BCUT2D eigenvalue weighted by Gasteiger charge is 2.67. The van der Waals surface area contributed by atoms with E-state index >= 15 is 0 Å². The van der Waals surface area contributed by atoms with Crippen molar-refractivity contribution in [3.63, 3.8) is 0 Å². The van der Waals surface area contributed by atoms with Gasteiger partial charge in [0.25, 0.3) is 0 Å². The van der Waals surface area contributed by atoms with E-state index in [9.17, 15) is 14.7 Å². The number of alkyl carbamates (subject to hydrolysis) is 1. The van der Waals surface area contributed by atoms with Crippen LogP contribution in [-0.2, 0) is 16.1 Å². The maximum atomic E-state index is 12.9. The predicted octanol–water partition coefficient (Wildman–Crippen LogP) is 5.57. The number of nitrogens with zero attached hydrogens (tertiary/aromatic N) is 1. The number of ether oxygens (including phenoxy) is 1. The number of carboxylic acids is 1. The molecule has 7 nitrogen and oxygen atoms in total. The number of rotatable bonds is 5. The maximum absolute atomic E-state index is 12.9. The number of nitrogens with one attached hydrogen (secondary N) is 1. The van der Waals surface area contributed by atoms with Crippen LogP contribution in [0.25, 0.3) is 0 Å². The molecule has 0 spiro atoms. The Morgan fingerprint density at radius 1 is 0.975 bits per heavy atom. The molecule has 5 fully saturated rings. The van der Waals surface area contributed by atoms with Gasteiger partial charge in [0.2, 0.25) is 0 Å². The van der Waals surface area contributed by atoms with Crippen molar-refractivity contribution >= 4 is 12.1 Å². The van der Waals surface area contributed by atoms with Gasteiger partial charge in [-0.05, 0) is 105 Å². The number of carbonyl (C=O) groups is 2. The summed E-state index contributed by atoms with van der Waals surface area (Å²) in [6, 6.07) is 10.8. The summed E-state index contributed by atoms with van der Waals surface area (Å²) in [5.41, 5.74) is 8.09. The van der Waals surface area contributed by atoms with Crippen molar-refractivity contribution in [1.29, 1.82) is 0 Å². The topological polar surface area (TPSA) is 105 Å². The summed E-state index contributed by atoms with van der Waals surface area (Å²) in [7, 11) is 0. The lowest BCUT2D eigenvalue weighted by molar-refractivity contribution is -0.157. The van der Waals surface area contributed by atoms with Crippen molar-refractivity contribution in [3.05, 3.63) is 35.9 Å². The van der Waals surface area contributed by atoms with Crippen LogP contribution in [0.4, 0.5) is 4.79 Å². The number of amides is 1. The highest BCUT2D eigenvalue weighted by Crippen LogP contribution is 2.68. The van der Waals surface area contributed by atoms with Crippen molar-refractivity contribution in [3.8, 4) is 0 Å². The van der Waals surface area contributed by atoms with Crippen LogP contribution in [0, 0.1) is 34.5 Å². The summed E-state index contributed by atoms with van der Waals surface area (Å²) in [6.07, 6.45) is 10.3. The number of carboxylic acid groups (broad SMARTS) is 1. The van der Waals surface area contributed by atoms with Crippen molar-refractivity contribution in [1.82, 2.24) is 10.2 Å². The zero-order valence-electron chi connectivity index (χ0n) is 24.4. The fourth-order valence-electron chi connectivity index (χ4n) is 10.2. The molecule has 4 aliphatic carbocycles. The molecule has 4 N–H and O–H groups in total. The molecule has 3 unspecified atom stereocenters. The molecule has 40 heavy (non-hydrogen) atoms. The average Bonchev–Trinajstić information content (AvgIpc) is 3.22. The molecule has 1 saturated heterocycles. The Morgan fingerprint density at radius 3 is 2.45 bits per heavy atom. The normalized spacial score (nSPS) is 41.8. The zero-order valence-corrected chi connectivity index (χ0v) is 24.4. The first kappa shape index (κ1) is 28.0. The number of nitrogens with two attached hydrogens (primary N) is 1. The summed E-state index contributed by atoms with van der Waals surface area (Å²) in [5, 5.41) is 13.1. The van der Waals surface area contributed by atoms with Crippen molar-refractivity contribution in [2.24, 2.45) is 40.2 Å². The van der Waals surface area contributed by atoms with Gasteiger partial charge in [-0.15, -0.1) is 0 Å². The number of benzene rings is 1. The molecular formula is C33H49N3O4. The number of aliphatic carboxylic acids is 1. The van der Waals surface area contributed by atoms with E-state index in [0.717, 1.165) is 83.8 Å². The van der Waals surface area contributed by atoms with Crippen molar-refractivity contribution in [2.45, 2.75) is 109 Å². The quantitative estimate of drug-likeness (QED) is 0.442. The van der Waals surface area contributed by atoms with E-state index in [1.807, 2.05) is 0 Å². The van der Waals surface area contributed by atoms with Crippen LogP contribution < -0.4 is 11.1 Å². The van der Waals surface area contributed by atoms with E-state index in [1.54, 1.807) is 0 Å². The summed E-state index contributed by atoms with van der Waals surface area (Å²) in [5.74, 6) is 0.480. The van der Waals surface area contributed by atoms with Crippen molar-refractivity contribution in [2.75, 3.05) is 13.1 Å². The Bertz CT molecular complexity index is 1090. The lowest BCUT2D eigenvalue weighted by atomic mass is 9.42. The third kappa shape index (κ3) is 4.75. The van der Waals surface area contributed by atoms with E-state index in [4.69, 9.17) is 10.5 Å². The van der Waals surface area contributed by atoms with Gasteiger partial charge in [0.15, 0.2) is 0 Å². The van der Waals surface area contributed by atoms with E-state index in [2.05, 4.69) is 54.4 Å². The van der Waals surface area contributed by atoms with Gasteiger partial charge < -0.3 is 20.9 Å². The smallest absolute Gasteiger partial charge is 0.407 e. The van der Waals surface area contributed by atoms with E-state index in [-0.39, 0.29) is 40.5 Å². The summed E-state index contributed by atoms with van der Waals surface area (Å²) in [6.45, 7) is 7.57. The minimum absolute atomic E-state index is 0.0173. The van der Waals surface area contributed by atoms with Gasteiger partial charge in [-0.25, -0.2) is 4.79 Å². The first-order chi connectivity index (χ1) is 19.1. The van der Waals surface area contributed by atoms with Crippen LogP contribution in [0.5, 0.6) is 0 Å². The van der Waals surface area contributed by atoms with Gasteiger partial charge in [0.05, 0.1) is 5.92 Å². The third-order valence-electron chi connectivity index (χ3n) is 12.7. The largest absolute Gasteiger partial charge is 0.481 e. The second kappa shape index (κ2) is 10.6. The molecule has 5 aliphatic rings. The highest BCUT2D eigenvalue weighted by molar-refractivity contribution is 5.72. The molecule has 4 saturated carbocycles. The zero-order chi connectivity index (χ0) is 28.1. The second-order valence-corrected chi connectivity index (χ2v) is 14.4. The Kier molecular flexibility index (Phi) is 7.44. The van der Waals surface area contributed by atoms with E-state index < -0.39 is 5.97 Å². The number of fused-ring (bicyclic) bond motifs is 5. The maximum Gasteiger partial charge on any atom is 0.407 e. The van der Waals surface area contributed by atoms with Crippen molar-refractivity contribution < 1.29 is 19.4 Å². The summed E-state index contributed by atoms with van der Waals surface area (Å²) in [4.78, 5) is 27.4. The molecule has 1 aliphatic heterocycles. The Morgan fingerprint density at radius 2 is 1.73 bits per heavy atom. The molecule has 8 atom stereocenters. The highest BCUT2D eigenvalue weighted by atomic mass is 16.6. The van der Waals surface area contributed by atoms with E-state index in [1.165, 1.54) is 5.56 Å². The number of hydrogen-bond acceptors (Lipinski definition) is 5. The fraction of sp³-hybridized carbons (Fsp3) is 0.758. The molecular weight excluding hydrogens is 502 g/mol. The predicted molar refractivity (Wildman–Crippen MR) is 154 cm³/mol. The molecule has 1 aromatic carbocycles. The molecule has 1 aromatic rings. The standard InChI is InChI=1S/C33H49N3O4/c1-31-15-10-25(40-30(39)35-24-13-18-36(19-14-24)21-22-6-4-3-5-7-22)20-23(31)8-9-27-26(31)11-16-32(2)28(29(37)38)12-17-33(27,32)34/h3-7,23-28H,8-21,34H2,1-2H3,(H,35,39)(H,37,38)/t23?,25?,26-,27-,28?,31+,32-,33-/m1/s1. The lowest BCUT2D eigenvalue weighted by Crippen LogP contribution is -2.66. The summed E-state index contributed by atoms with van der Waals surface area (Å²) < 4.78 is 6.04. The molecule has 220 valence electrons. The Labute approximate surface area is 239 Å². The SMILES string of the molecule is C[C@]12CCC(OC(=O)NC3CCN(Cc4ccccc4)CC3)CC1CC[C@@H]1[C@H]2CC[C@]2(C)C(C(=O)O)CC[C@@]12N. The number of piperidine rings is 1.